The molecule has 7 heteroatoms. The molecule has 3 heterocycles. The minimum Gasteiger partial charge on any atom is -0.486 e. The Labute approximate surface area is 185 Å². The Bertz CT molecular complexity index is 1080. The molecule has 0 saturated carbocycles. The van der Waals surface area contributed by atoms with Crippen LogP contribution in [-0.2, 0) is 11.2 Å². The van der Waals surface area contributed by atoms with Crippen LogP contribution in [0.15, 0.2) is 53.1 Å². The summed E-state index contributed by atoms with van der Waals surface area (Å²) in [5.74, 6) is 2.88. The largest absolute Gasteiger partial charge is 0.486 e. The van der Waals surface area contributed by atoms with E-state index in [-0.39, 0.29) is 11.9 Å². The quantitative estimate of drug-likeness (QED) is 0.557. The zero-order chi connectivity index (χ0) is 21.2. The normalized spacial score (nSPS) is 17.7. The van der Waals surface area contributed by atoms with Crippen molar-refractivity contribution in [3.05, 3.63) is 65.1 Å². The second-order valence-corrected chi connectivity index (χ2v) is 8.21. The van der Waals surface area contributed by atoms with Gasteiger partial charge in [-0.25, -0.2) is 4.98 Å². The van der Waals surface area contributed by atoms with E-state index in [0.717, 1.165) is 42.0 Å². The van der Waals surface area contributed by atoms with E-state index in [1.807, 2.05) is 47.4 Å². The lowest BCUT2D eigenvalue weighted by Crippen LogP contribution is -2.30. The summed E-state index contributed by atoms with van der Waals surface area (Å²) in [4.78, 5) is 19.3. The van der Waals surface area contributed by atoms with E-state index in [9.17, 15) is 4.79 Å². The van der Waals surface area contributed by atoms with Crippen LogP contribution in [0, 0.1) is 0 Å². The smallest absolute Gasteiger partial charge is 0.223 e. The van der Waals surface area contributed by atoms with Gasteiger partial charge >= 0.3 is 0 Å². The second kappa shape index (κ2) is 8.63. The SMILES string of the molecule is O=C(CCc1ncc(-c2ccc(Cl)cc2)o1)N1CCC[C@H]1c1ccc2c(c1)OCCO2. The molecule has 160 valence electrons. The summed E-state index contributed by atoms with van der Waals surface area (Å²) in [5, 5.41) is 0.673. The highest BCUT2D eigenvalue weighted by atomic mass is 35.5. The van der Waals surface area contributed by atoms with Gasteiger partial charge in [-0.1, -0.05) is 17.7 Å². The minimum atomic E-state index is 0.0671. The Balaban J connectivity index is 1.23. The lowest BCUT2D eigenvalue weighted by atomic mass is 10.0. The lowest BCUT2D eigenvalue weighted by molar-refractivity contribution is -0.132. The molecule has 1 saturated heterocycles. The fourth-order valence-corrected chi connectivity index (χ4v) is 4.34. The first-order chi connectivity index (χ1) is 15.2. The number of nitrogens with zero attached hydrogens (tertiary/aromatic N) is 2. The number of carbonyl (C=O) groups is 1. The summed E-state index contributed by atoms with van der Waals surface area (Å²) in [6.45, 7) is 1.89. The van der Waals surface area contributed by atoms with Gasteiger partial charge in [0, 0.05) is 30.0 Å². The van der Waals surface area contributed by atoms with E-state index in [4.69, 9.17) is 25.5 Å². The summed E-state index contributed by atoms with van der Waals surface area (Å²) in [6.07, 6.45) is 4.46. The van der Waals surface area contributed by atoms with Crippen LogP contribution in [0.1, 0.15) is 36.8 Å². The average Bonchev–Trinajstić information content (AvgIpc) is 3.48. The molecule has 1 aromatic heterocycles. The maximum absolute atomic E-state index is 13.0. The van der Waals surface area contributed by atoms with Crippen LogP contribution in [0.3, 0.4) is 0 Å². The molecule has 0 N–H and O–H groups in total. The molecule has 31 heavy (non-hydrogen) atoms. The fourth-order valence-electron chi connectivity index (χ4n) is 4.21. The van der Waals surface area contributed by atoms with Crippen LogP contribution in [0.5, 0.6) is 11.5 Å². The van der Waals surface area contributed by atoms with Crippen molar-refractivity contribution >= 4 is 17.5 Å². The van der Waals surface area contributed by atoms with E-state index >= 15 is 0 Å². The molecule has 3 aromatic rings. The third kappa shape index (κ3) is 4.26. The molecule has 0 unspecified atom stereocenters. The third-order valence-electron chi connectivity index (χ3n) is 5.76. The standard InChI is InChI=1S/C24H23ClN2O4/c25-18-6-3-16(4-7-18)22-15-26-23(31-22)9-10-24(28)27-11-1-2-19(27)17-5-8-20-21(14-17)30-13-12-29-20/h3-8,14-15,19H,1-2,9-13H2/t19-/m0/s1. The van der Waals surface area contributed by atoms with Gasteiger partial charge in [-0.3, -0.25) is 4.79 Å². The van der Waals surface area contributed by atoms with Crippen LogP contribution < -0.4 is 9.47 Å². The number of fused-ring (bicyclic) bond motifs is 1. The van der Waals surface area contributed by atoms with Crippen molar-refractivity contribution in [2.24, 2.45) is 0 Å². The average molecular weight is 439 g/mol. The van der Waals surface area contributed by atoms with Crippen LogP contribution in [0.4, 0.5) is 0 Å². The number of oxazole rings is 1. The number of aryl methyl sites for hydroxylation is 1. The Morgan fingerprint density at radius 3 is 2.74 bits per heavy atom. The van der Waals surface area contributed by atoms with Crippen molar-refractivity contribution in [1.29, 1.82) is 0 Å². The first-order valence-corrected chi connectivity index (χ1v) is 10.9. The van der Waals surface area contributed by atoms with Gasteiger partial charge in [0.25, 0.3) is 0 Å². The van der Waals surface area contributed by atoms with Crippen molar-refractivity contribution in [2.75, 3.05) is 19.8 Å². The monoisotopic (exact) mass is 438 g/mol. The van der Waals surface area contributed by atoms with E-state index in [1.165, 1.54) is 0 Å². The topological polar surface area (TPSA) is 64.8 Å². The maximum atomic E-state index is 13.0. The van der Waals surface area contributed by atoms with Gasteiger partial charge in [-0.2, -0.15) is 0 Å². The number of rotatable bonds is 5. The Hall–Kier alpha value is -2.99. The molecule has 2 aromatic carbocycles. The Morgan fingerprint density at radius 2 is 1.90 bits per heavy atom. The number of amides is 1. The summed E-state index contributed by atoms with van der Waals surface area (Å²) >= 11 is 5.94. The molecular weight excluding hydrogens is 416 g/mol. The summed E-state index contributed by atoms with van der Waals surface area (Å²) in [5.41, 5.74) is 2.00. The van der Waals surface area contributed by atoms with Crippen LogP contribution >= 0.6 is 11.6 Å². The fraction of sp³-hybridized carbons (Fsp3) is 0.333. The Morgan fingerprint density at radius 1 is 1.10 bits per heavy atom. The highest BCUT2D eigenvalue weighted by molar-refractivity contribution is 6.30. The zero-order valence-corrected chi connectivity index (χ0v) is 17.8. The van der Waals surface area contributed by atoms with Crippen molar-refractivity contribution in [1.82, 2.24) is 9.88 Å². The van der Waals surface area contributed by atoms with Gasteiger partial charge in [0.2, 0.25) is 5.91 Å². The molecular formula is C24H23ClN2O4. The predicted molar refractivity (Wildman–Crippen MR) is 116 cm³/mol. The van der Waals surface area contributed by atoms with E-state index in [2.05, 4.69) is 4.98 Å². The van der Waals surface area contributed by atoms with Gasteiger partial charge in [0.15, 0.2) is 23.1 Å². The summed E-state index contributed by atoms with van der Waals surface area (Å²) in [7, 11) is 0. The van der Waals surface area contributed by atoms with Gasteiger partial charge in [0.1, 0.15) is 13.2 Å². The van der Waals surface area contributed by atoms with Crippen molar-refractivity contribution in [3.8, 4) is 22.8 Å². The number of ether oxygens (including phenoxy) is 2. The lowest BCUT2D eigenvalue weighted by Gasteiger charge is -2.26. The van der Waals surface area contributed by atoms with Crippen LogP contribution in [0.25, 0.3) is 11.3 Å². The highest BCUT2D eigenvalue weighted by Crippen LogP contribution is 2.38. The maximum Gasteiger partial charge on any atom is 0.223 e. The number of aromatic nitrogens is 1. The molecule has 0 radical (unpaired) electrons. The molecule has 2 aliphatic rings. The molecule has 0 aliphatic carbocycles. The first kappa shape index (κ1) is 19.9. The molecule has 1 amide bonds. The number of hydrogen-bond donors (Lipinski definition) is 0. The van der Waals surface area contributed by atoms with Crippen molar-refractivity contribution < 1.29 is 18.7 Å². The van der Waals surface area contributed by atoms with Crippen molar-refractivity contribution in [2.45, 2.75) is 31.7 Å². The van der Waals surface area contributed by atoms with Gasteiger partial charge in [0.05, 0.1) is 12.2 Å². The number of carbonyl (C=O) groups excluding carboxylic acids is 1. The van der Waals surface area contributed by atoms with E-state index < -0.39 is 0 Å². The molecule has 6 nitrogen and oxygen atoms in total. The number of likely N-dealkylation sites (tertiary alicyclic amines) is 1. The molecule has 2 aliphatic heterocycles. The first-order valence-electron chi connectivity index (χ1n) is 10.6. The molecule has 1 atom stereocenters. The third-order valence-corrected chi connectivity index (χ3v) is 6.01. The number of benzene rings is 2. The number of halogens is 1. The van der Waals surface area contributed by atoms with E-state index in [0.29, 0.717) is 42.7 Å². The van der Waals surface area contributed by atoms with Crippen LogP contribution in [-0.4, -0.2) is 35.5 Å². The highest BCUT2D eigenvalue weighted by Gasteiger charge is 2.30. The summed E-state index contributed by atoms with van der Waals surface area (Å²) < 4.78 is 17.2. The molecule has 1 fully saturated rings. The number of hydrogen-bond acceptors (Lipinski definition) is 5. The van der Waals surface area contributed by atoms with Gasteiger partial charge in [-0.05, 0) is 54.8 Å². The van der Waals surface area contributed by atoms with Gasteiger partial charge in [-0.15, -0.1) is 0 Å². The summed E-state index contributed by atoms with van der Waals surface area (Å²) in [6, 6.07) is 13.5. The van der Waals surface area contributed by atoms with Crippen molar-refractivity contribution in [3.63, 3.8) is 0 Å². The zero-order valence-electron chi connectivity index (χ0n) is 17.1. The molecule has 0 spiro atoms. The molecule has 0 bridgehead atoms. The minimum absolute atomic E-state index is 0.0671. The van der Waals surface area contributed by atoms with E-state index in [1.54, 1.807) is 6.20 Å². The molecule has 5 rings (SSSR count). The Kier molecular flexibility index (Phi) is 5.55. The predicted octanol–water partition coefficient (Wildman–Crippen LogP) is 5.06. The van der Waals surface area contributed by atoms with Crippen LogP contribution in [0.2, 0.25) is 5.02 Å². The second-order valence-electron chi connectivity index (χ2n) is 7.77. The van der Waals surface area contributed by atoms with Gasteiger partial charge < -0.3 is 18.8 Å².